The van der Waals surface area contributed by atoms with Gasteiger partial charge >= 0.3 is 0 Å². The molecule has 5 heteroatoms. The van der Waals surface area contributed by atoms with Crippen LogP contribution in [0.25, 0.3) is 0 Å². The molecule has 1 saturated carbocycles. The molecule has 2 N–H and O–H groups in total. The third-order valence-electron chi connectivity index (χ3n) is 5.88. The number of nitrogens with zero attached hydrogens (tertiary/aromatic N) is 1. The number of rotatable bonds is 2. The van der Waals surface area contributed by atoms with Crippen LogP contribution in [0, 0.1) is 5.92 Å². The summed E-state index contributed by atoms with van der Waals surface area (Å²) in [6.07, 6.45) is 6.14. The summed E-state index contributed by atoms with van der Waals surface area (Å²) >= 11 is 5.98. The minimum Gasteiger partial charge on any atom is -0.317 e. The molecule has 1 spiro atoms. The Kier molecular flexibility index (Phi) is 4.35. The molecule has 1 amide bonds. The van der Waals surface area contributed by atoms with Crippen LogP contribution in [-0.2, 0) is 4.79 Å². The second-order valence-corrected chi connectivity index (χ2v) is 7.77. The summed E-state index contributed by atoms with van der Waals surface area (Å²) < 4.78 is 0. The molecule has 0 aromatic heterocycles. The van der Waals surface area contributed by atoms with Gasteiger partial charge < -0.3 is 10.6 Å². The van der Waals surface area contributed by atoms with Crippen LogP contribution in [0.1, 0.15) is 50.0 Å². The molecule has 3 aliphatic rings. The number of hydrogen-bond acceptors (Lipinski definition) is 3. The van der Waals surface area contributed by atoms with E-state index < -0.39 is 5.54 Å². The number of benzene rings is 1. The number of hydrogen-bond donors (Lipinski definition) is 2. The molecule has 24 heavy (non-hydrogen) atoms. The number of carbonyl (C=O) groups is 1. The Hall–Kier alpha value is -1.39. The Balaban J connectivity index is 1.42. The Morgan fingerprint density at radius 3 is 2.29 bits per heavy atom. The Labute approximate surface area is 148 Å². The maximum atomic E-state index is 12.5. The second-order valence-electron chi connectivity index (χ2n) is 7.33. The number of piperidine rings is 1. The first kappa shape index (κ1) is 16.1. The molecule has 0 atom stereocenters. The van der Waals surface area contributed by atoms with E-state index in [9.17, 15) is 4.79 Å². The lowest BCUT2D eigenvalue weighted by atomic mass is 9.78. The zero-order chi connectivity index (χ0) is 16.6. The van der Waals surface area contributed by atoms with Gasteiger partial charge in [0.15, 0.2) is 0 Å². The van der Waals surface area contributed by atoms with Gasteiger partial charge in [-0.15, -0.1) is 0 Å². The van der Waals surface area contributed by atoms with Crippen LogP contribution < -0.4 is 10.6 Å². The second kappa shape index (κ2) is 6.49. The van der Waals surface area contributed by atoms with Crippen molar-refractivity contribution in [3.8, 4) is 0 Å². The summed E-state index contributed by atoms with van der Waals surface area (Å²) in [4.78, 5) is 17.3. The summed E-state index contributed by atoms with van der Waals surface area (Å²) in [5.74, 6) is 2.09. The summed E-state index contributed by atoms with van der Waals surface area (Å²) in [7, 11) is 0. The van der Waals surface area contributed by atoms with Crippen LogP contribution >= 0.6 is 11.6 Å². The molecule has 2 aliphatic heterocycles. The van der Waals surface area contributed by atoms with Crippen molar-refractivity contribution in [1.29, 1.82) is 0 Å². The van der Waals surface area contributed by atoms with Gasteiger partial charge in [0.2, 0.25) is 0 Å². The summed E-state index contributed by atoms with van der Waals surface area (Å²) in [6.45, 7) is 1.76. The van der Waals surface area contributed by atoms with Gasteiger partial charge in [-0.25, -0.2) is 0 Å². The molecule has 1 aliphatic carbocycles. The lowest BCUT2D eigenvalue weighted by Crippen LogP contribution is -2.47. The number of amides is 1. The molecule has 1 saturated heterocycles. The normalized spacial score (nSPS) is 29.4. The SMILES string of the molecule is O=C1NC(C2CCC(c3ccc(Cl)cc3)CC2)=NC12CCNCC2. The first-order chi connectivity index (χ1) is 11.7. The van der Waals surface area contributed by atoms with E-state index in [-0.39, 0.29) is 5.91 Å². The topological polar surface area (TPSA) is 53.5 Å². The maximum Gasteiger partial charge on any atom is 0.253 e. The first-order valence-electron chi connectivity index (χ1n) is 9.04. The standard InChI is InChI=1S/C19H24ClN3O/c20-16-7-5-14(6-8-16)13-1-3-15(4-2-13)17-22-18(24)19(23-17)9-11-21-12-10-19/h5-8,13,15,21H,1-4,9-12H2,(H,22,23,24). The van der Waals surface area contributed by atoms with E-state index in [2.05, 4.69) is 22.8 Å². The Morgan fingerprint density at radius 2 is 1.62 bits per heavy atom. The fourth-order valence-electron chi connectivity index (χ4n) is 4.35. The van der Waals surface area contributed by atoms with Crippen molar-refractivity contribution in [3.63, 3.8) is 0 Å². The zero-order valence-corrected chi connectivity index (χ0v) is 14.6. The van der Waals surface area contributed by atoms with Gasteiger partial charge in [0.25, 0.3) is 5.91 Å². The number of carbonyl (C=O) groups excluding carboxylic acids is 1. The molecular weight excluding hydrogens is 322 g/mol. The molecule has 1 aromatic carbocycles. The molecule has 0 radical (unpaired) electrons. The molecule has 2 fully saturated rings. The molecular formula is C19H24ClN3O. The van der Waals surface area contributed by atoms with Crippen LogP contribution in [0.15, 0.2) is 29.3 Å². The fourth-order valence-corrected chi connectivity index (χ4v) is 4.48. The fraction of sp³-hybridized carbons (Fsp3) is 0.579. The van der Waals surface area contributed by atoms with E-state index in [1.807, 2.05) is 12.1 Å². The van der Waals surface area contributed by atoms with Gasteiger partial charge in [-0.1, -0.05) is 23.7 Å². The predicted molar refractivity (Wildman–Crippen MR) is 96.6 cm³/mol. The Bertz CT molecular complexity index is 641. The van der Waals surface area contributed by atoms with E-state index in [0.717, 1.165) is 62.5 Å². The monoisotopic (exact) mass is 345 g/mol. The van der Waals surface area contributed by atoms with Gasteiger partial charge in [-0.3, -0.25) is 9.79 Å². The average Bonchev–Trinajstić information content (AvgIpc) is 2.93. The molecule has 2 heterocycles. The zero-order valence-electron chi connectivity index (χ0n) is 13.9. The van der Waals surface area contributed by atoms with Crippen LogP contribution in [0.3, 0.4) is 0 Å². The van der Waals surface area contributed by atoms with E-state index >= 15 is 0 Å². The summed E-state index contributed by atoms with van der Waals surface area (Å²) in [5, 5.41) is 7.23. The molecule has 0 bridgehead atoms. The smallest absolute Gasteiger partial charge is 0.253 e. The highest BCUT2D eigenvalue weighted by Crippen LogP contribution is 2.38. The van der Waals surface area contributed by atoms with Crippen molar-refractivity contribution >= 4 is 23.3 Å². The molecule has 4 nitrogen and oxygen atoms in total. The lowest BCUT2D eigenvalue weighted by molar-refractivity contribution is -0.124. The van der Waals surface area contributed by atoms with E-state index in [1.165, 1.54) is 5.56 Å². The number of amidine groups is 1. The van der Waals surface area contributed by atoms with Crippen molar-refractivity contribution in [2.24, 2.45) is 10.9 Å². The minimum atomic E-state index is -0.479. The molecule has 0 unspecified atom stereocenters. The van der Waals surface area contributed by atoms with E-state index in [1.54, 1.807) is 0 Å². The van der Waals surface area contributed by atoms with Crippen LogP contribution in [0.5, 0.6) is 0 Å². The lowest BCUT2D eigenvalue weighted by Gasteiger charge is -2.29. The van der Waals surface area contributed by atoms with Crippen LogP contribution in [-0.4, -0.2) is 30.4 Å². The number of halogens is 1. The highest BCUT2D eigenvalue weighted by molar-refractivity contribution is 6.30. The van der Waals surface area contributed by atoms with E-state index in [0.29, 0.717) is 11.8 Å². The highest BCUT2D eigenvalue weighted by atomic mass is 35.5. The van der Waals surface area contributed by atoms with Crippen LogP contribution in [0.2, 0.25) is 5.02 Å². The van der Waals surface area contributed by atoms with Gasteiger partial charge in [-0.05, 0) is 75.2 Å². The van der Waals surface area contributed by atoms with E-state index in [4.69, 9.17) is 16.6 Å². The maximum absolute atomic E-state index is 12.5. The molecule has 128 valence electrons. The van der Waals surface area contributed by atoms with Crippen molar-refractivity contribution in [2.75, 3.05) is 13.1 Å². The quantitative estimate of drug-likeness (QED) is 0.864. The summed E-state index contributed by atoms with van der Waals surface area (Å²) in [5.41, 5.74) is 0.901. The number of aliphatic imine (C=N–C) groups is 1. The molecule has 4 rings (SSSR count). The van der Waals surface area contributed by atoms with Crippen molar-refractivity contribution in [3.05, 3.63) is 34.9 Å². The third-order valence-corrected chi connectivity index (χ3v) is 6.14. The van der Waals surface area contributed by atoms with Gasteiger partial charge in [0, 0.05) is 10.9 Å². The number of nitrogens with one attached hydrogen (secondary N) is 2. The highest BCUT2D eigenvalue weighted by Gasteiger charge is 2.45. The van der Waals surface area contributed by atoms with Gasteiger partial charge in [0.1, 0.15) is 11.4 Å². The van der Waals surface area contributed by atoms with Gasteiger partial charge in [-0.2, -0.15) is 0 Å². The third kappa shape index (κ3) is 2.98. The first-order valence-corrected chi connectivity index (χ1v) is 9.41. The van der Waals surface area contributed by atoms with Gasteiger partial charge in [0.05, 0.1) is 0 Å². The van der Waals surface area contributed by atoms with Crippen molar-refractivity contribution in [1.82, 2.24) is 10.6 Å². The average molecular weight is 346 g/mol. The van der Waals surface area contributed by atoms with Crippen molar-refractivity contribution in [2.45, 2.75) is 50.0 Å². The van der Waals surface area contributed by atoms with Crippen LogP contribution in [0.4, 0.5) is 0 Å². The minimum absolute atomic E-state index is 0.124. The Morgan fingerprint density at radius 1 is 1.00 bits per heavy atom. The largest absolute Gasteiger partial charge is 0.317 e. The molecule has 1 aromatic rings. The van der Waals surface area contributed by atoms with Crippen molar-refractivity contribution < 1.29 is 4.79 Å². The predicted octanol–water partition coefficient (Wildman–Crippen LogP) is 3.26. The summed E-state index contributed by atoms with van der Waals surface area (Å²) in [6, 6.07) is 8.24.